The third kappa shape index (κ3) is 4.41. The highest BCUT2D eigenvalue weighted by Crippen LogP contribution is 2.38. The van der Waals surface area contributed by atoms with Crippen molar-refractivity contribution < 1.29 is 9.59 Å². The van der Waals surface area contributed by atoms with Crippen LogP contribution in [0.4, 0.5) is 5.69 Å². The van der Waals surface area contributed by atoms with Gasteiger partial charge in [0.1, 0.15) is 5.41 Å². The Morgan fingerprint density at radius 3 is 2.20 bits per heavy atom. The Hall–Kier alpha value is -2.27. The SMILES string of the molecule is CNC(=O)C1(C(=O)Nc2cccc(C(C)(C)c3ccc(SC)cc3)c2)CCCCC1. The Bertz CT molecular complexity index is 900. The molecule has 1 aliphatic rings. The number of amides is 2. The lowest BCUT2D eigenvalue weighted by molar-refractivity contribution is -0.142. The quantitative estimate of drug-likeness (QED) is 0.484. The summed E-state index contributed by atoms with van der Waals surface area (Å²) in [6, 6.07) is 16.6. The van der Waals surface area contributed by atoms with Crippen molar-refractivity contribution in [2.24, 2.45) is 5.41 Å². The average molecular weight is 425 g/mol. The Morgan fingerprint density at radius 2 is 1.60 bits per heavy atom. The minimum atomic E-state index is -0.966. The van der Waals surface area contributed by atoms with E-state index in [9.17, 15) is 9.59 Å². The Kier molecular flexibility index (Phi) is 6.91. The van der Waals surface area contributed by atoms with Crippen LogP contribution in [0.3, 0.4) is 0 Å². The van der Waals surface area contributed by atoms with E-state index in [0.29, 0.717) is 12.8 Å². The number of anilines is 1. The summed E-state index contributed by atoms with van der Waals surface area (Å²) in [4.78, 5) is 27.1. The first-order valence-electron chi connectivity index (χ1n) is 10.6. The summed E-state index contributed by atoms with van der Waals surface area (Å²) < 4.78 is 0. The van der Waals surface area contributed by atoms with Gasteiger partial charge in [0.05, 0.1) is 0 Å². The lowest BCUT2D eigenvalue weighted by Gasteiger charge is -2.34. The van der Waals surface area contributed by atoms with Crippen LogP contribution in [-0.4, -0.2) is 25.1 Å². The smallest absolute Gasteiger partial charge is 0.240 e. The number of benzene rings is 2. The van der Waals surface area contributed by atoms with Crippen LogP contribution < -0.4 is 10.6 Å². The van der Waals surface area contributed by atoms with Crippen molar-refractivity contribution in [3.8, 4) is 0 Å². The molecular formula is C25H32N2O2S. The fraction of sp³-hybridized carbons (Fsp3) is 0.440. The van der Waals surface area contributed by atoms with Crippen LogP contribution in [0.5, 0.6) is 0 Å². The zero-order valence-corrected chi connectivity index (χ0v) is 19.2. The van der Waals surface area contributed by atoms with Crippen molar-refractivity contribution in [2.75, 3.05) is 18.6 Å². The van der Waals surface area contributed by atoms with Crippen LogP contribution in [0.25, 0.3) is 0 Å². The van der Waals surface area contributed by atoms with Crippen LogP contribution in [0, 0.1) is 5.41 Å². The molecule has 0 aromatic heterocycles. The molecule has 4 nitrogen and oxygen atoms in total. The molecule has 1 aliphatic carbocycles. The molecule has 0 spiro atoms. The van der Waals surface area contributed by atoms with Crippen LogP contribution in [-0.2, 0) is 15.0 Å². The molecule has 2 aromatic carbocycles. The van der Waals surface area contributed by atoms with Crippen LogP contribution in [0.2, 0.25) is 0 Å². The summed E-state index contributed by atoms with van der Waals surface area (Å²) in [5, 5.41) is 5.75. The predicted octanol–water partition coefficient (Wildman–Crippen LogP) is 5.37. The molecule has 30 heavy (non-hydrogen) atoms. The van der Waals surface area contributed by atoms with Gasteiger partial charge in [-0.3, -0.25) is 9.59 Å². The van der Waals surface area contributed by atoms with E-state index in [0.717, 1.165) is 30.5 Å². The number of carbonyl (C=O) groups excluding carboxylic acids is 2. The molecule has 0 unspecified atom stereocenters. The number of hydrogen-bond acceptors (Lipinski definition) is 3. The summed E-state index contributed by atoms with van der Waals surface area (Å²) in [7, 11) is 1.61. The second-order valence-electron chi connectivity index (χ2n) is 8.61. The lowest BCUT2D eigenvalue weighted by Crippen LogP contribution is -2.49. The number of hydrogen-bond donors (Lipinski definition) is 2. The van der Waals surface area contributed by atoms with Crippen molar-refractivity contribution in [3.05, 3.63) is 59.7 Å². The molecule has 2 amide bonds. The van der Waals surface area contributed by atoms with Crippen molar-refractivity contribution in [3.63, 3.8) is 0 Å². The van der Waals surface area contributed by atoms with Gasteiger partial charge in [-0.2, -0.15) is 0 Å². The molecule has 0 atom stereocenters. The van der Waals surface area contributed by atoms with E-state index in [1.165, 1.54) is 10.5 Å². The maximum Gasteiger partial charge on any atom is 0.240 e. The van der Waals surface area contributed by atoms with E-state index in [1.807, 2.05) is 18.2 Å². The third-order valence-electron chi connectivity index (χ3n) is 6.46. The van der Waals surface area contributed by atoms with E-state index in [4.69, 9.17) is 0 Å². The van der Waals surface area contributed by atoms with E-state index in [-0.39, 0.29) is 17.2 Å². The van der Waals surface area contributed by atoms with Gasteiger partial charge in [-0.1, -0.05) is 57.4 Å². The maximum atomic E-state index is 13.2. The van der Waals surface area contributed by atoms with Gasteiger partial charge in [-0.25, -0.2) is 0 Å². The highest BCUT2D eigenvalue weighted by atomic mass is 32.2. The summed E-state index contributed by atoms with van der Waals surface area (Å²) in [6.07, 6.45) is 6.16. The highest BCUT2D eigenvalue weighted by molar-refractivity contribution is 7.98. The van der Waals surface area contributed by atoms with Crippen LogP contribution in [0.1, 0.15) is 57.1 Å². The number of carbonyl (C=O) groups is 2. The second-order valence-corrected chi connectivity index (χ2v) is 9.49. The van der Waals surface area contributed by atoms with Gasteiger partial charge >= 0.3 is 0 Å². The van der Waals surface area contributed by atoms with Gasteiger partial charge in [0.2, 0.25) is 11.8 Å². The topological polar surface area (TPSA) is 58.2 Å². The molecule has 1 fully saturated rings. The summed E-state index contributed by atoms with van der Waals surface area (Å²) in [5.74, 6) is -0.370. The number of rotatable bonds is 6. The maximum absolute atomic E-state index is 13.2. The molecule has 0 heterocycles. The fourth-order valence-corrected chi connectivity index (χ4v) is 4.77. The first kappa shape index (κ1) is 22.4. The molecule has 0 radical (unpaired) electrons. The average Bonchev–Trinajstić information content (AvgIpc) is 2.79. The molecule has 0 saturated heterocycles. The number of thioether (sulfide) groups is 1. The Labute approximate surface area is 184 Å². The molecule has 5 heteroatoms. The zero-order chi connectivity index (χ0) is 21.8. The van der Waals surface area contributed by atoms with Crippen molar-refractivity contribution >= 4 is 29.3 Å². The van der Waals surface area contributed by atoms with E-state index in [2.05, 4.69) is 61.1 Å². The van der Waals surface area contributed by atoms with Gasteiger partial charge in [0.25, 0.3) is 0 Å². The molecule has 2 aromatic rings. The highest BCUT2D eigenvalue weighted by Gasteiger charge is 2.45. The van der Waals surface area contributed by atoms with E-state index in [1.54, 1.807) is 18.8 Å². The normalized spacial score (nSPS) is 16.0. The molecule has 0 bridgehead atoms. The van der Waals surface area contributed by atoms with E-state index < -0.39 is 5.41 Å². The molecule has 2 N–H and O–H groups in total. The lowest BCUT2D eigenvalue weighted by atomic mass is 9.72. The molecule has 160 valence electrons. The van der Waals surface area contributed by atoms with Gasteiger partial charge in [0.15, 0.2) is 0 Å². The zero-order valence-electron chi connectivity index (χ0n) is 18.4. The Balaban J connectivity index is 1.85. The molecule has 3 rings (SSSR count). The standard InChI is InChI=1S/C25H32N2O2S/c1-24(2,18-11-13-21(30-4)14-12-18)19-9-8-10-20(17-19)27-23(29)25(22(28)26-3)15-6-5-7-16-25/h8-14,17H,5-7,15-16H2,1-4H3,(H,26,28)(H,27,29). The van der Waals surface area contributed by atoms with Gasteiger partial charge < -0.3 is 10.6 Å². The van der Waals surface area contributed by atoms with Crippen molar-refractivity contribution in [1.29, 1.82) is 0 Å². The second kappa shape index (κ2) is 9.25. The van der Waals surface area contributed by atoms with Gasteiger partial charge in [-0.15, -0.1) is 11.8 Å². The minimum Gasteiger partial charge on any atom is -0.358 e. The summed E-state index contributed by atoms with van der Waals surface area (Å²) >= 11 is 1.73. The van der Waals surface area contributed by atoms with Crippen molar-refractivity contribution in [2.45, 2.75) is 56.3 Å². The van der Waals surface area contributed by atoms with Gasteiger partial charge in [-0.05, 0) is 54.5 Å². The van der Waals surface area contributed by atoms with Gasteiger partial charge in [0, 0.05) is 23.0 Å². The summed E-state index contributed by atoms with van der Waals surface area (Å²) in [5.41, 5.74) is 1.90. The first-order chi connectivity index (χ1) is 14.3. The monoisotopic (exact) mass is 424 g/mol. The summed E-state index contributed by atoms with van der Waals surface area (Å²) in [6.45, 7) is 4.38. The minimum absolute atomic E-state index is 0.176. The Morgan fingerprint density at radius 1 is 0.933 bits per heavy atom. The third-order valence-corrected chi connectivity index (χ3v) is 7.20. The van der Waals surface area contributed by atoms with Crippen molar-refractivity contribution in [1.82, 2.24) is 5.32 Å². The van der Waals surface area contributed by atoms with Crippen LogP contribution >= 0.6 is 11.8 Å². The molecular weight excluding hydrogens is 392 g/mol. The molecule has 1 saturated carbocycles. The number of nitrogens with one attached hydrogen (secondary N) is 2. The predicted molar refractivity (Wildman–Crippen MR) is 125 cm³/mol. The largest absolute Gasteiger partial charge is 0.358 e. The van der Waals surface area contributed by atoms with E-state index >= 15 is 0 Å². The fourth-order valence-electron chi connectivity index (χ4n) is 4.36. The first-order valence-corrected chi connectivity index (χ1v) is 11.8. The molecule has 0 aliphatic heterocycles. The van der Waals surface area contributed by atoms with Crippen LogP contribution in [0.15, 0.2) is 53.4 Å².